The topological polar surface area (TPSA) is 116 Å². The van der Waals surface area contributed by atoms with Crippen molar-refractivity contribution in [1.82, 2.24) is 5.43 Å². The largest absolute Gasteiger partial charge is 0.478 e. The van der Waals surface area contributed by atoms with Gasteiger partial charge >= 0.3 is 5.97 Å². The molecule has 0 unspecified atom stereocenters. The lowest BCUT2D eigenvalue weighted by atomic mass is 10.1. The normalized spacial score (nSPS) is 11.4. The minimum Gasteiger partial charge on any atom is -0.478 e. The highest BCUT2D eigenvalue weighted by atomic mass is 32.2. The van der Waals surface area contributed by atoms with Crippen molar-refractivity contribution < 1.29 is 23.1 Å². The number of nitrogens with zero attached hydrogens (tertiary/aromatic N) is 2. The summed E-state index contributed by atoms with van der Waals surface area (Å²) in [6.07, 6.45) is 2.83. The van der Waals surface area contributed by atoms with E-state index in [0.717, 1.165) is 16.1 Å². The van der Waals surface area contributed by atoms with Crippen LogP contribution in [0.2, 0.25) is 0 Å². The third-order valence-electron chi connectivity index (χ3n) is 3.91. The molecule has 2 rings (SSSR count). The van der Waals surface area contributed by atoms with Gasteiger partial charge in [0.15, 0.2) is 0 Å². The van der Waals surface area contributed by atoms with Gasteiger partial charge in [0.05, 0.1) is 23.7 Å². The lowest BCUT2D eigenvalue weighted by Crippen LogP contribution is -2.39. The first kappa shape index (κ1) is 21.1. The molecular weight excluding hydrogens is 382 g/mol. The molecule has 0 aliphatic heterocycles. The first-order chi connectivity index (χ1) is 13.2. The van der Waals surface area contributed by atoms with Crippen molar-refractivity contribution in [3.05, 3.63) is 65.2 Å². The third kappa shape index (κ3) is 5.40. The molecule has 0 bridgehead atoms. The summed E-state index contributed by atoms with van der Waals surface area (Å²) in [5, 5.41) is 12.9. The molecule has 2 aromatic carbocycles. The van der Waals surface area contributed by atoms with Gasteiger partial charge in [0.25, 0.3) is 5.91 Å². The molecule has 0 saturated carbocycles. The van der Waals surface area contributed by atoms with Gasteiger partial charge in [-0.25, -0.2) is 18.6 Å². The van der Waals surface area contributed by atoms with Gasteiger partial charge in [-0.3, -0.25) is 9.10 Å². The zero-order valence-electron chi connectivity index (χ0n) is 15.5. The van der Waals surface area contributed by atoms with Gasteiger partial charge in [-0.05, 0) is 24.1 Å². The van der Waals surface area contributed by atoms with Crippen molar-refractivity contribution in [1.29, 1.82) is 0 Å². The molecule has 0 aliphatic carbocycles. The average molecular weight is 403 g/mol. The molecule has 0 radical (unpaired) electrons. The number of carboxylic acid groups (broad SMARTS) is 1. The van der Waals surface area contributed by atoms with Crippen molar-refractivity contribution in [3.8, 4) is 0 Å². The molecule has 0 aromatic heterocycles. The molecule has 148 valence electrons. The Kier molecular flexibility index (Phi) is 6.89. The van der Waals surface area contributed by atoms with Crippen LogP contribution >= 0.6 is 0 Å². The summed E-state index contributed by atoms with van der Waals surface area (Å²) in [7, 11) is -3.70. The van der Waals surface area contributed by atoms with Gasteiger partial charge in [-0.15, -0.1) is 0 Å². The van der Waals surface area contributed by atoms with E-state index in [0.29, 0.717) is 17.7 Å². The fourth-order valence-corrected chi connectivity index (χ4v) is 3.47. The number of sulfonamides is 1. The fraction of sp³-hybridized carbons (Fsp3) is 0.211. The Morgan fingerprint density at radius 3 is 2.43 bits per heavy atom. The second-order valence-corrected chi connectivity index (χ2v) is 7.84. The Balaban J connectivity index is 2.16. The molecule has 0 spiro atoms. The number of anilines is 1. The second kappa shape index (κ2) is 9.14. The molecule has 28 heavy (non-hydrogen) atoms. The Hall–Kier alpha value is -3.20. The number of para-hydroxylation sites is 1. The molecule has 0 fully saturated rings. The van der Waals surface area contributed by atoms with Crippen LogP contribution < -0.4 is 9.73 Å². The van der Waals surface area contributed by atoms with E-state index in [-0.39, 0.29) is 5.56 Å². The number of rotatable bonds is 8. The molecule has 0 aliphatic rings. The van der Waals surface area contributed by atoms with Gasteiger partial charge < -0.3 is 5.11 Å². The van der Waals surface area contributed by atoms with Crippen LogP contribution in [-0.4, -0.2) is 44.4 Å². The molecule has 2 N–H and O–H groups in total. The Morgan fingerprint density at radius 1 is 1.14 bits per heavy atom. The van der Waals surface area contributed by atoms with Crippen molar-refractivity contribution >= 4 is 33.8 Å². The van der Waals surface area contributed by atoms with Crippen LogP contribution in [0.4, 0.5) is 5.69 Å². The molecule has 1 amide bonds. The summed E-state index contributed by atoms with van der Waals surface area (Å²) < 4.78 is 25.4. The lowest BCUT2D eigenvalue weighted by molar-refractivity contribution is -0.119. The van der Waals surface area contributed by atoms with Crippen molar-refractivity contribution in [2.75, 3.05) is 17.1 Å². The standard InChI is InChI=1S/C19H21N3O5S/c1-3-14-8-5-7-11-17(14)22(28(2,26)27)13-18(23)21-20-12-15-9-4-6-10-16(15)19(24)25/h4-12H,3,13H2,1-2H3,(H,21,23)(H,24,25)/b20-12-. The monoisotopic (exact) mass is 403 g/mol. The maximum absolute atomic E-state index is 12.2. The Bertz CT molecular complexity index is 1000. The van der Waals surface area contributed by atoms with E-state index >= 15 is 0 Å². The highest BCUT2D eigenvalue weighted by Gasteiger charge is 2.22. The number of amides is 1. The summed E-state index contributed by atoms with van der Waals surface area (Å²) in [5.41, 5.74) is 3.81. The minimum absolute atomic E-state index is 0.0372. The number of carbonyl (C=O) groups excluding carboxylic acids is 1. The van der Waals surface area contributed by atoms with Crippen LogP contribution in [0.15, 0.2) is 53.6 Å². The van der Waals surface area contributed by atoms with Crippen LogP contribution in [0.5, 0.6) is 0 Å². The number of carbonyl (C=O) groups is 2. The summed E-state index contributed by atoms with van der Waals surface area (Å²) in [4.78, 5) is 23.4. The summed E-state index contributed by atoms with van der Waals surface area (Å²) in [5.74, 6) is -1.77. The van der Waals surface area contributed by atoms with E-state index in [9.17, 15) is 18.0 Å². The fourth-order valence-electron chi connectivity index (χ4n) is 2.58. The number of nitrogens with one attached hydrogen (secondary N) is 1. The predicted molar refractivity (Wildman–Crippen MR) is 107 cm³/mol. The molecule has 9 heteroatoms. The van der Waals surface area contributed by atoms with Crippen LogP contribution in [0.1, 0.15) is 28.4 Å². The van der Waals surface area contributed by atoms with Crippen LogP contribution in [0, 0.1) is 0 Å². The van der Waals surface area contributed by atoms with E-state index < -0.39 is 28.4 Å². The smallest absolute Gasteiger partial charge is 0.336 e. The number of hydrogen-bond donors (Lipinski definition) is 2. The first-order valence-electron chi connectivity index (χ1n) is 8.44. The zero-order valence-corrected chi connectivity index (χ0v) is 16.3. The van der Waals surface area contributed by atoms with Crippen LogP contribution in [0.3, 0.4) is 0 Å². The second-order valence-electron chi connectivity index (χ2n) is 5.94. The molecule has 0 saturated heterocycles. The molecule has 0 heterocycles. The van der Waals surface area contributed by atoms with Gasteiger partial charge in [-0.1, -0.05) is 43.3 Å². The summed E-state index contributed by atoms with van der Waals surface area (Å²) in [6, 6.07) is 13.1. The average Bonchev–Trinajstić information content (AvgIpc) is 2.65. The van der Waals surface area contributed by atoms with Crippen LogP contribution in [0.25, 0.3) is 0 Å². The number of aryl methyl sites for hydroxylation is 1. The zero-order chi connectivity index (χ0) is 20.7. The molecular formula is C19H21N3O5S. The van der Waals surface area contributed by atoms with E-state index in [1.54, 1.807) is 42.5 Å². The van der Waals surface area contributed by atoms with Gasteiger partial charge in [0.1, 0.15) is 6.54 Å². The van der Waals surface area contributed by atoms with Crippen molar-refractivity contribution in [2.45, 2.75) is 13.3 Å². The van der Waals surface area contributed by atoms with Crippen molar-refractivity contribution in [3.63, 3.8) is 0 Å². The summed E-state index contributed by atoms with van der Waals surface area (Å²) in [6.45, 7) is 1.44. The van der Waals surface area contributed by atoms with Crippen molar-refractivity contribution in [2.24, 2.45) is 5.10 Å². The van der Waals surface area contributed by atoms with Gasteiger partial charge in [0.2, 0.25) is 10.0 Å². The maximum Gasteiger partial charge on any atom is 0.336 e. The minimum atomic E-state index is -3.70. The number of benzene rings is 2. The highest BCUT2D eigenvalue weighted by molar-refractivity contribution is 7.92. The highest BCUT2D eigenvalue weighted by Crippen LogP contribution is 2.23. The van der Waals surface area contributed by atoms with E-state index in [2.05, 4.69) is 10.5 Å². The maximum atomic E-state index is 12.2. The van der Waals surface area contributed by atoms with E-state index in [1.165, 1.54) is 12.3 Å². The van der Waals surface area contributed by atoms with Gasteiger partial charge in [0, 0.05) is 5.56 Å². The Labute approximate surface area is 163 Å². The lowest BCUT2D eigenvalue weighted by Gasteiger charge is -2.23. The SMILES string of the molecule is CCc1ccccc1N(CC(=O)N/N=C\c1ccccc1C(=O)O)S(C)(=O)=O. The number of carboxylic acids is 1. The first-order valence-corrected chi connectivity index (χ1v) is 10.3. The van der Waals surface area contributed by atoms with Crippen LogP contribution in [-0.2, 0) is 21.2 Å². The third-order valence-corrected chi connectivity index (χ3v) is 5.04. The summed E-state index contributed by atoms with van der Waals surface area (Å²) >= 11 is 0. The molecule has 2 aromatic rings. The van der Waals surface area contributed by atoms with E-state index in [4.69, 9.17) is 5.11 Å². The number of aromatic carboxylic acids is 1. The quantitative estimate of drug-likeness (QED) is 0.516. The van der Waals surface area contributed by atoms with E-state index in [1.807, 2.05) is 6.92 Å². The Morgan fingerprint density at radius 2 is 1.79 bits per heavy atom. The molecule has 8 nitrogen and oxygen atoms in total. The molecule has 0 atom stereocenters. The number of hydrogen-bond acceptors (Lipinski definition) is 5. The van der Waals surface area contributed by atoms with Gasteiger partial charge in [-0.2, -0.15) is 5.10 Å². The predicted octanol–water partition coefficient (Wildman–Crippen LogP) is 1.86. The number of hydrazone groups is 1.